The molecule has 0 saturated heterocycles. The predicted octanol–water partition coefficient (Wildman–Crippen LogP) is 1.47. The number of aliphatic carboxylic acids is 1. The summed E-state index contributed by atoms with van der Waals surface area (Å²) in [5.41, 5.74) is 12.0. The van der Waals surface area contributed by atoms with Gasteiger partial charge in [-0.25, -0.2) is 0 Å². The molecule has 4 aliphatic rings. The molecule has 0 aromatic rings. The van der Waals surface area contributed by atoms with E-state index in [9.17, 15) is 14.4 Å². The Balaban J connectivity index is 1.60. The molecule has 0 radical (unpaired) electrons. The lowest BCUT2D eigenvalue weighted by molar-refractivity contribution is -0.147. The van der Waals surface area contributed by atoms with Crippen LogP contribution in [-0.2, 0) is 14.4 Å². The number of rotatable bonds is 11. The Labute approximate surface area is 178 Å². The van der Waals surface area contributed by atoms with Gasteiger partial charge in [0.2, 0.25) is 11.8 Å². The highest BCUT2D eigenvalue weighted by Gasteiger charge is 2.54. The quantitative estimate of drug-likeness (QED) is 0.319. The Hall–Kier alpha value is -1.67. The minimum absolute atomic E-state index is 0.0176. The van der Waals surface area contributed by atoms with Crippen molar-refractivity contribution in [1.82, 2.24) is 10.6 Å². The molecule has 0 aliphatic heterocycles. The van der Waals surface area contributed by atoms with E-state index in [1.165, 1.54) is 26.2 Å². The molecule has 0 spiro atoms. The molecule has 8 heteroatoms. The fourth-order valence-corrected chi connectivity index (χ4v) is 6.49. The van der Waals surface area contributed by atoms with Gasteiger partial charge in [-0.1, -0.05) is 0 Å². The van der Waals surface area contributed by atoms with Crippen molar-refractivity contribution in [2.45, 2.75) is 95.8 Å². The number of carbonyl (C=O) groups excluding carboxylic acids is 2. The summed E-state index contributed by atoms with van der Waals surface area (Å²) in [6, 6.07) is -0.703. The van der Waals surface area contributed by atoms with Crippen LogP contribution in [0.3, 0.4) is 0 Å². The van der Waals surface area contributed by atoms with E-state index in [1.807, 2.05) is 0 Å². The summed E-state index contributed by atoms with van der Waals surface area (Å²) in [5, 5.41) is 14.9. The molecule has 170 valence electrons. The first kappa shape index (κ1) is 23.0. The van der Waals surface area contributed by atoms with E-state index in [0.29, 0.717) is 43.4 Å². The third kappa shape index (κ3) is 5.72. The fraction of sp³-hybridized carbons (Fsp3) is 0.864. The molecular weight excluding hydrogens is 384 g/mol. The van der Waals surface area contributed by atoms with Crippen LogP contribution in [0.15, 0.2) is 0 Å². The van der Waals surface area contributed by atoms with Crippen molar-refractivity contribution in [2.75, 3.05) is 0 Å². The molecule has 4 bridgehead atoms. The highest BCUT2D eigenvalue weighted by Crippen LogP contribution is 2.60. The van der Waals surface area contributed by atoms with Gasteiger partial charge in [-0.15, -0.1) is 0 Å². The Kier molecular flexibility index (Phi) is 7.39. The number of nitrogens with two attached hydrogens (primary N) is 2. The second-order valence-electron chi connectivity index (χ2n) is 10.1. The van der Waals surface area contributed by atoms with Gasteiger partial charge in [-0.05, 0) is 82.0 Å². The Morgan fingerprint density at radius 3 is 2.03 bits per heavy atom. The first-order valence-corrected chi connectivity index (χ1v) is 11.5. The van der Waals surface area contributed by atoms with Gasteiger partial charge in [0.05, 0.1) is 6.17 Å². The second kappa shape index (κ2) is 9.64. The van der Waals surface area contributed by atoms with Crippen LogP contribution in [0.1, 0.15) is 77.6 Å². The molecule has 0 aromatic carbocycles. The number of carbonyl (C=O) groups is 3. The van der Waals surface area contributed by atoms with Gasteiger partial charge >= 0.3 is 5.97 Å². The smallest absolute Gasteiger partial charge is 0.303 e. The summed E-state index contributed by atoms with van der Waals surface area (Å²) < 4.78 is 0. The SMILES string of the molecule is CC(=O)N[C@H](N)CCC[C@H](NC(=O)C12CC3CC(CC(C3)C1)C2)[C@@H](N)CCC(=O)O. The number of carboxylic acid groups (broad SMARTS) is 1. The van der Waals surface area contributed by atoms with Crippen molar-refractivity contribution in [3.05, 3.63) is 0 Å². The molecule has 3 atom stereocenters. The molecule has 0 aromatic heterocycles. The van der Waals surface area contributed by atoms with Crippen molar-refractivity contribution >= 4 is 17.8 Å². The molecule has 30 heavy (non-hydrogen) atoms. The van der Waals surface area contributed by atoms with E-state index < -0.39 is 18.2 Å². The third-order valence-corrected chi connectivity index (χ3v) is 7.46. The first-order valence-electron chi connectivity index (χ1n) is 11.5. The zero-order valence-electron chi connectivity index (χ0n) is 18.1. The van der Waals surface area contributed by atoms with Gasteiger partial charge in [-0.3, -0.25) is 14.4 Å². The Morgan fingerprint density at radius 2 is 1.53 bits per heavy atom. The lowest BCUT2D eigenvalue weighted by Gasteiger charge is -2.56. The molecule has 8 nitrogen and oxygen atoms in total. The maximum atomic E-state index is 13.4. The predicted molar refractivity (Wildman–Crippen MR) is 113 cm³/mol. The minimum atomic E-state index is -0.885. The van der Waals surface area contributed by atoms with Crippen LogP contribution < -0.4 is 22.1 Å². The lowest BCUT2D eigenvalue weighted by Crippen LogP contribution is -2.57. The van der Waals surface area contributed by atoms with Crippen molar-refractivity contribution in [3.8, 4) is 0 Å². The van der Waals surface area contributed by atoms with Crippen LogP contribution in [-0.4, -0.2) is 41.1 Å². The monoisotopic (exact) mass is 422 g/mol. The number of amides is 2. The summed E-state index contributed by atoms with van der Waals surface area (Å²) in [5.74, 6) is 1.09. The standard InChI is InChI=1S/C22H38N4O4/c1-13(27)25-19(24)4-2-3-18(17(23)5-6-20(28)29)26-21(30)22-10-14-7-15(11-22)9-16(8-14)12-22/h14-19H,2-12,23-24H2,1H3,(H,25,27)(H,26,30)(H,28,29)/t14?,15?,16?,17-,18-,19-,22?/m0/s1. The van der Waals surface area contributed by atoms with Gasteiger partial charge in [0.15, 0.2) is 0 Å². The lowest BCUT2D eigenvalue weighted by atomic mass is 9.49. The second-order valence-corrected chi connectivity index (χ2v) is 10.1. The van der Waals surface area contributed by atoms with E-state index in [4.69, 9.17) is 16.6 Å². The fourth-order valence-electron chi connectivity index (χ4n) is 6.49. The van der Waals surface area contributed by atoms with E-state index in [2.05, 4.69) is 10.6 Å². The van der Waals surface area contributed by atoms with Crippen LogP contribution >= 0.6 is 0 Å². The maximum Gasteiger partial charge on any atom is 0.303 e. The third-order valence-electron chi connectivity index (χ3n) is 7.46. The molecule has 4 rings (SSSR count). The van der Waals surface area contributed by atoms with Gasteiger partial charge in [0.25, 0.3) is 0 Å². The van der Waals surface area contributed by atoms with Crippen LogP contribution in [0.4, 0.5) is 0 Å². The van der Waals surface area contributed by atoms with Crippen LogP contribution in [0.2, 0.25) is 0 Å². The van der Waals surface area contributed by atoms with Gasteiger partial charge in [0, 0.05) is 30.8 Å². The van der Waals surface area contributed by atoms with E-state index in [-0.39, 0.29) is 29.7 Å². The van der Waals surface area contributed by atoms with Gasteiger partial charge in [-0.2, -0.15) is 0 Å². The molecule has 4 fully saturated rings. The topological polar surface area (TPSA) is 148 Å². The summed E-state index contributed by atoms with van der Waals surface area (Å²) in [7, 11) is 0. The van der Waals surface area contributed by atoms with Crippen LogP contribution in [0.25, 0.3) is 0 Å². The maximum absolute atomic E-state index is 13.4. The van der Waals surface area contributed by atoms with E-state index in [0.717, 1.165) is 19.3 Å². The van der Waals surface area contributed by atoms with Crippen molar-refractivity contribution in [2.24, 2.45) is 34.6 Å². The van der Waals surface area contributed by atoms with Crippen LogP contribution in [0.5, 0.6) is 0 Å². The van der Waals surface area contributed by atoms with Gasteiger partial charge in [0.1, 0.15) is 0 Å². The summed E-state index contributed by atoms with van der Waals surface area (Å²) in [6.45, 7) is 1.43. The molecule has 2 amide bonds. The van der Waals surface area contributed by atoms with E-state index >= 15 is 0 Å². The number of carboxylic acids is 1. The largest absolute Gasteiger partial charge is 0.481 e. The normalized spacial score (nSPS) is 32.3. The highest BCUT2D eigenvalue weighted by molar-refractivity contribution is 5.83. The zero-order chi connectivity index (χ0) is 21.9. The molecule has 0 unspecified atom stereocenters. The van der Waals surface area contributed by atoms with E-state index in [1.54, 1.807) is 0 Å². The Bertz CT molecular complexity index is 618. The summed E-state index contributed by atoms with van der Waals surface area (Å²) >= 11 is 0. The number of nitrogens with one attached hydrogen (secondary N) is 2. The van der Waals surface area contributed by atoms with Crippen molar-refractivity contribution in [1.29, 1.82) is 0 Å². The summed E-state index contributed by atoms with van der Waals surface area (Å²) in [6.07, 6.45) is 8.52. The number of hydrogen-bond donors (Lipinski definition) is 5. The summed E-state index contributed by atoms with van der Waals surface area (Å²) in [4.78, 5) is 35.5. The first-order chi connectivity index (χ1) is 14.2. The molecule has 4 aliphatic carbocycles. The molecule has 0 heterocycles. The highest BCUT2D eigenvalue weighted by atomic mass is 16.4. The van der Waals surface area contributed by atoms with Crippen LogP contribution in [0, 0.1) is 23.2 Å². The molecular formula is C22H38N4O4. The zero-order valence-corrected chi connectivity index (χ0v) is 18.1. The number of hydrogen-bond acceptors (Lipinski definition) is 5. The average molecular weight is 423 g/mol. The van der Waals surface area contributed by atoms with Crippen molar-refractivity contribution in [3.63, 3.8) is 0 Å². The molecule has 4 saturated carbocycles. The van der Waals surface area contributed by atoms with Gasteiger partial charge < -0.3 is 27.2 Å². The molecule has 7 N–H and O–H groups in total. The van der Waals surface area contributed by atoms with Crippen molar-refractivity contribution < 1.29 is 19.5 Å². The minimum Gasteiger partial charge on any atom is -0.481 e. The average Bonchev–Trinajstić information content (AvgIpc) is 2.63. The Morgan fingerprint density at radius 1 is 0.967 bits per heavy atom.